The zero-order valence-electron chi connectivity index (χ0n) is 11.3. The number of carbonyl (C=O) groups is 1. The number of carboxylic acids is 1. The molecule has 7 heteroatoms. The van der Waals surface area contributed by atoms with Crippen molar-refractivity contribution in [2.24, 2.45) is 5.92 Å². The predicted molar refractivity (Wildman–Crippen MR) is 74.9 cm³/mol. The zero-order chi connectivity index (χ0) is 15.5. The molecule has 2 unspecified atom stereocenters. The Hall–Kier alpha value is -1.91. The van der Waals surface area contributed by atoms with Gasteiger partial charge in [-0.1, -0.05) is 12.8 Å². The van der Waals surface area contributed by atoms with Gasteiger partial charge in [0, 0.05) is 6.04 Å². The maximum atomic E-state index is 12.3. The minimum atomic E-state index is -3.77. The molecule has 112 valence electrons. The molecule has 6 nitrogen and oxygen atoms in total. The van der Waals surface area contributed by atoms with E-state index in [0.717, 1.165) is 12.8 Å². The van der Waals surface area contributed by atoms with E-state index in [2.05, 4.69) is 4.72 Å². The van der Waals surface area contributed by atoms with Gasteiger partial charge < -0.3 is 5.11 Å². The van der Waals surface area contributed by atoms with E-state index in [4.69, 9.17) is 5.26 Å². The normalized spacial score (nSPS) is 22.4. The van der Waals surface area contributed by atoms with Crippen LogP contribution in [-0.4, -0.2) is 25.5 Å². The molecule has 0 spiro atoms. The van der Waals surface area contributed by atoms with Crippen molar-refractivity contribution in [3.8, 4) is 6.07 Å². The predicted octanol–water partition coefficient (Wildman–Crippen LogP) is 1.48. The van der Waals surface area contributed by atoms with Gasteiger partial charge in [-0.25, -0.2) is 13.1 Å². The van der Waals surface area contributed by atoms with Gasteiger partial charge in [0.05, 0.1) is 22.4 Å². The molecular weight excluding hydrogens is 292 g/mol. The highest BCUT2D eigenvalue weighted by Gasteiger charge is 2.33. The zero-order valence-corrected chi connectivity index (χ0v) is 12.1. The molecule has 1 aliphatic rings. The van der Waals surface area contributed by atoms with Crippen molar-refractivity contribution in [2.45, 2.75) is 36.6 Å². The molecule has 1 aromatic carbocycles. The maximum absolute atomic E-state index is 12.3. The van der Waals surface area contributed by atoms with Crippen LogP contribution in [0.25, 0.3) is 0 Å². The first kappa shape index (κ1) is 15.5. The summed E-state index contributed by atoms with van der Waals surface area (Å²) in [5, 5.41) is 17.9. The molecule has 1 aliphatic carbocycles. The second kappa shape index (κ2) is 6.24. The highest BCUT2D eigenvalue weighted by molar-refractivity contribution is 7.89. The van der Waals surface area contributed by atoms with E-state index in [9.17, 15) is 18.3 Å². The SMILES string of the molecule is N#Cc1ccc(S(=O)(=O)NC2CCCCC2C(=O)O)cc1. The van der Waals surface area contributed by atoms with E-state index >= 15 is 0 Å². The van der Waals surface area contributed by atoms with Gasteiger partial charge in [0.25, 0.3) is 0 Å². The van der Waals surface area contributed by atoms with Gasteiger partial charge in [0.15, 0.2) is 0 Å². The summed E-state index contributed by atoms with van der Waals surface area (Å²) in [6, 6.07) is 6.86. The van der Waals surface area contributed by atoms with E-state index in [1.807, 2.05) is 6.07 Å². The number of nitrogens with one attached hydrogen (secondary N) is 1. The van der Waals surface area contributed by atoms with Gasteiger partial charge in [-0.2, -0.15) is 5.26 Å². The molecular formula is C14H16N2O4S. The molecule has 1 fully saturated rings. The van der Waals surface area contributed by atoms with Crippen LogP contribution in [0.15, 0.2) is 29.2 Å². The molecule has 0 heterocycles. The Kier molecular flexibility index (Phi) is 4.60. The molecule has 1 aromatic rings. The largest absolute Gasteiger partial charge is 0.481 e. The number of benzene rings is 1. The lowest BCUT2D eigenvalue weighted by atomic mass is 9.85. The minimum Gasteiger partial charge on any atom is -0.481 e. The first-order valence-electron chi connectivity index (χ1n) is 6.69. The molecule has 21 heavy (non-hydrogen) atoms. The third kappa shape index (κ3) is 3.60. The lowest BCUT2D eigenvalue weighted by Gasteiger charge is -2.28. The fraction of sp³-hybridized carbons (Fsp3) is 0.429. The summed E-state index contributed by atoms with van der Waals surface area (Å²) < 4.78 is 27.1. The number of aliphatic carboxylic acids is 1. The minimum absolute atomic E-state index is 0.0382. The number of rotatable bonds is 4. The van der Waals surface area contributed by atoms with E-state index < -0.39 is 28.0 Å². The van der Waals surface area contributed by atoms with E-state index in [-0.39, 0.29) is 4.90 Å². The van der Waals surface area contributed by atoms with Crippen molar-refractivity contribution < 1.29 is 18.3 Å². The van der Waals surface area contributed by atoms with Crippen molar-refractivity contribution in [3.63, 3.8) is 0 Å². The summed E-state index contributed by atoms with van der Waals surface area (Å²) in [7, 11) is -3.77. The van der Waals surface area contributed by atoms with E-state index in [1.165, 1.54) is 24.3 Å². The van der Waals surface area contributed by atoms with Crippen molar-refractivity contribution in [1.82, 2.24) is 4.72 Å². The second-order valence-corrected chi connectivity index (χ2v) is 6.81. The fourth-order valence-corrected chi connectivity index (χ4v) is 3.85. The summed E-state index contributed by atoms with van der Waals surface area (Å²) >= 11 is 0. The summed E-state index contributed by atoms with van der Waals surface area (Å²) in [4.78, 5) is 11.2. The summed E-state index contributed by atoms with van der Waals surface area (Å²) in [5.74, 6) is -1.66. The van der Waals surface area contributed by atoms with Crippen molar-refractivity contribution in [2.75, 3.05) is 0 Å². The molecule has 0 bridgehead atoms. The van der Waals surface area contributed by atoms with Crippen LogP contribution in [0.2, 0.25) is 0 Å². The highest BCUT2D eigenvalue weighted by Crippen LogP contribution is 2.26. The van der Waals surface area contributed by atoms with Gasteiger partial charge in [0.2, 0.25) is 10.0 Å². The van der Waals surface area contributed by atoms with Crippen LogP contribution >= 0.6 is 0 Å². The second-order valence-electron chi connectivity index (χ2n) is 5.09. The van der Waals surface area contributed by atoms with Gasteiger partial charge in [-0.3, -0.25) is 4.79 Å². The Balaban J connectivity index is 2.19. The van der Waals surface area contributed by atoms with E-state index in [1.54, 1.807) is 0 Å². The van der Waals surface area contributed by atoms with Crippen LogP contribution in [0.3, 0.4) is 0 Å². The summed E-state index contributed by atoms with van der Waals surface area (Å²) in [6.07, 6.45) is 2.61. The van der Waals surface area contributed by atoms with Crippen molar-refractivity contribution >= 4 is 16.0 Å². The number of nitrogens with zero attached hydrogens (tertiary/aromatic N) is 1. The van der Waals surface area contributed by atoms with Crippen LogP contribution in [0.5, 0.6) is 0 Å². The van der Waals surface area contributed by atoms with Crippen LogP contribution in [0.4, 0.5) is 0 Å². The average Bonchev–Trinajstić information content (AvgIpc) is 2.47. The monoisotopic (exact) mass is 308 g/mol. The van der Waals surface area contributed by atoms with Crippen molar-refractivity contribution in [1.29, 1.82) is 5.26 Å². The molecule has 1 saturated carbocycles. The third-order valence-corrected chi connectivity index (χ3v) is 5.19. The van der Waals surface area contributed by atoms with Gasteiger partial charge in [-0.05, 0) is 37.1 Å². The average molecular weight is 308 g/mol. The lowest BCUT2D eigenvalue weighted by Crippen LogP contribution is -2.44. The van der Waals surface area contributed by atoms with Crippen LogP contribution in [0.1, 0.15) is 31.2 Å². The third-order valence-electron chi connectivity index (χ3n) is 3.68. The number of nitriles is 1. The molecule has 0 radical (unpaired) electrons. The molecule has 0 amide bonds. The molecule has 2 atom stereocenters. The fourth-order valence-electron chi connectivity index (χ4n) is 2.54. The smallest absolute Gasteiger partial charge is 0.308 e. The number of carboxylic acid groups (broad SMARTS) is 1. The molecule has 0 saturated heterocycles. The quantitative estimate of drug-likeness (QED) is 0.876. The Bertz CT molecular complexity index is 661. The van der Waals surface area contributed by atoms with Crippen molar-refractivity contribution in [3.05, 3.63) is 29.8 Å². The first-order chi connectivity index (χ1) is 9.94. The molecule has 2 rings (SSSR count). The maximum Gasteiger partial charge on any atom is 0.308 e. The Morgan fingerprint density at radius 3 is 2.43 bits per heavy atom. The van der Waals surface area contributed by atoms with E-state index in [0.29, 0.717) is 18.4 Å². The molecule has 0 aromatic heterocycles. The van der Waals surface area contributed by atoms with Crippen LogP contribution in [0, 0.1) is 17.2 Å². The summed E-state index contributed by atoms with van der Waals surface area (Å²) in [5.41, 5.74) is 0.370. The first-order valence-corrected chi connectivity index (χ1v) is 8.17. The number of hydrogen-bond donors (Lipinski definition) is 2. The standard InChI is InChI=1S/C14H16N2O4S/c15-9-10-5-7-11(8-6-10)21(19,20)16-13-4-2-1-3-12(13)14(17)18/h5-8,12-13,16H,1-4H2,(H,17,18). The topological polar surface area (TPSA) is 107 Å². The van der Waals surface area contributed by atoms with Gasteiger partial charge in [0.1, 0.15) is 0 Å². The Morgan fingerprint density at radius 2 is 1.86 bits per heavy atom. The van der Waals surface area contributed by atoms with Gasteiger partial charge >= 0.3 is 5.97 Å². The summed E-state index contributed by atoms with van der Waals surface area (Å²) in [6.45, 7) is 0. The van der Waals surface area contributed by atoms with Crippen LogP contribution in [-0.2, 0) is 14.8 Å². The van der Waals surface area contributed by atoms with Crippen LogP contribution < -0.4 is 4.72 Å². The molecule has 0 aliphatic heterocycles. The Morgan fingerprint density at radius 1 is 1.24 bits per heavy atom. The Labute approximate surface area is 123 Å². The molecule has 2 N–H and O–H groups in total. The lowest BCUT2D eigenvalue weighted by molar-refractivity contribution is -0.143. The number of hydrogen-bond acceptors (Lipinski definition) is 4. The van der Waals surface area contributed by atoms with Gasteiger partial charge in [-0.15, -0.1) is 0 Å². The highest BCUT2D eigenvalue weighted by atomic mass is 32.2. The number of sulfonamides is 1.